The predicted molar refractivity (Wildman–Crippen MR) is 61.9 cm³/mol. The third kappa shape index (κ3) is 4.61. The van der Waals surface area contributed by atoms with Crippen molar-refractivity contribution < 1.29 is 9.59 Å². The van der Waals surface area contributed by atoms with Crippen LogP contribution in [0, 0.1) is 5.92 Å². The van der Waals surface area contributed by atoms with E-state index in [1.165, 1.54) is 0 Å². The fourth-order valence-corrected chi connectivity index (χ4v) is 1.80. The Morgan fingerprint density at radius 3 is 2.81 bits per heavy atom. The van der Waals surface area contributed by atoms with E-state index in [9.17, 15) is 9.59 Å². The molecule has 1 heterocycles. The van der Waals surface area contributed by atoms with Gasteiger partial charge in [-0.15, -0.1) is 0 Å². The van der Waals surface area contributed by atoms with Crippen molar-refractivity contribution >= 4 is 11.8 Å². The smallest absolute Gasteiger partial charge is 0.224 e. The van der Waals surface area contributed by atoms with Crippen LogP contribution in [0.5, 0.6) is 0 Å². The number of nitrogens with one attached hydrogen (secondary N) is 3. The van der Waals surface area contributed by atoms with Crippen molar-refractivity contribution in [3.8, 4) is 0 Å². The molecule has 16 heavy (non-hydrogen) atoms. The Labute approximate surface area is 96.4 Å². The van der Waals surface area contributed by atoms with Gasteiger partial charge in [0.05, 0.1) is 5.92 Å². The zero-order valence-electron chi connectivity index (χ0n) is 9.84. The molecule has 0 radical (unpaired) electrons. The SMILES string of the molecule is CCNC(=O)CCNC(=O)[C@@H]1CCCNC1. The lowest BCUT2D eigenvalue weighted by Crippen LogP contribution is -2.41. The lowest BCUT2D eigenvalue weighted by molar-refractivity contribution is -0.125. The molecule has 1 saturated heterocycles. The molecule has 0 aromatic carbocycles. The molecular formula is C11H21N3O2. The van der Waals surface area contributed by atoms with Crippen LogP contribution < -0.4 is 16.0 Å². The molecule has 5 nitrogen and oxygen atoms in total. The zero-order chi connectivity index (χ0) is 11.8. The van der Waals surface area contributed by atoms with Crippen LogP contribution in [0.1, 0.15) is 26.2 Å². The molecule has 0 aromatic rings. The van der Waals surface area contributed by atoms with Gasteiger partial charge in [0.15, 0.2) is 0 Å². The first-order chi connectivity index (χ1) is 7.74. The maximum absolute atomic E-state index is 11.7. The first-order valence-corrected chi connectivity index (χ1v) is 5.99. The number of carbonyl (C=O) groups excluding carboxylic acids is 2. The van der Waals surface area contributed by atoms with E-state index < -0.39 is 0 Å². The normalized spacial score (nSPS) is 20.2. The number of amides is 2. The molecule has 92 valence electrons. The minimum absolute atomic E-state index is 0.00966. The van der Waals surface area contributed by atoms with Crippen LogP contribution in [0.15, 0.2) is 0 Å². The Bertz CT molecular complexity index is 237. The number of hydrogen-bond donors (Lipinski definition) is 3. The maximum Gasteiger partial charge on any atom is 0.224 e. The summed E-state index contributed by atoms with van der Waals surface area (Å²) in [6.45, 7) is 4.71. The van der Waals surface area contributed by atoms with Crippen LogP contribution in [-0.2, 0) is 9.59 Å². The molecule has 0 spiro atoms. The maximum atomic E-state index is 11.7. The van der Waals surface area contributed by atoms with E-state index in [-0.39, 0.29) is 17.7 Å². The van der Waals surface area contributed by atoms with Crippen molar-refractivity contribution in [1.82, 2.24) is 16.0 Å². The van der Waals surface area contributed by atoms with Crippen molar-refractivity contribution in [2.24, 2.45) is 5.92 Å². The molecule has 1 rings (SSSR count). The minimum Gasteiger partial charge on any atom is -0.356 e. The average molecular weight is 227 g/mol. The lowest BCUT2D eigenvalue weighted by Gasteiger charge is -2.21. The van der Waals surface area contributed by atoms with Crippen LogP contribution >= 0.6 is 0 Å². The fourth-order valence-electron chi connectivity index (χ4n) is 1.80. The summed E-state index contributed by atoms with van der Waals surface area (Å²) in [5, 5.41) is 8.69. The molecule has 1 aliphatic heterocycles. The summed E-state index contributed by atoms with van der Waals surface area (Å²) in [4.78, 5) is 22.8. The number of carbonyl (C=O) groups is 2. The van der Waals surface area contributed by atoms with Gasteiger partial charge >= 0.3 is 0 Å². The minimum atomic E-state index is -0.00966. The Morgan fingerprint density at radius 1 is 1.38 bits per heavy atom. The molecule has 0 saturated carbocycles. The lowest BCUT2D eigenvalue weighted by atomic mass is 9.99. The van der Waals surface area contributed by atoms with Crippen LogP contribution in [0.2, 0.25) is 0 Å². The van der Waals surface area contributed by atoms with Gasteiger partial charge in [-0.2, -0.15) is 0 Å². The van der Waals surface area contributed by atoms with E-state index in [0.717, 1.165) is 25.9 Å². The van der Waals surface area contributed by atoms with E-state index >= 15 is 0 Å². The first kappa shape index (κ1) is 13.0. The molecule has 2 amide bonds. The van der Waals surface area contributed by atoms with Crippen molar-refractivity contribution in [2.75, 3.05) is 26.2 Å². The molecule has 0 aliphatic carbocycles. The Hall–Kier alpha value is -1.10. The van der Waals surface area contributed by atoms with Crippen LogP contribution in [0.3, 0.4) is 0 Å². The van der Waals surface area contributed by atoms with E-state index in [1.54, 1.807) is 0 Å². The highest BCUT2D eigenvalue weighted by atomic mass is 16.2. The van der Waals surface area contributed by atoms with E-state index in [1.807, 2.05) is 6.92 Å². The van der Waals surface area contributed by atoms with E-state index in [2.05, 4.69) is 16.0 Å². The van der Waals surface area contributed by atoms with Gasteiger partial charge in [0.25, 0.3) is 0 Å². The summed E-state index contributed by atoms with van der Waals surface area (Å²) in [5.41, 5.74) is 0. The highest BCUT2D eigenvalue weighted by Crippen LogP contribution is 2.09. The van der Waals surface area contributed by atoms with Gasteiger partial charge in [0.2, 0.25) is 11.8 Å². The van der Waals surface area contributed by atoms with Gasteiger partial charge in [-0.3, -0.25) is 9.59 Å². The molecule has 0 aromatic heterocycles. The van der Waals surface area contributed by atoms with Crippen molar-refractivity contribution in [2.45, 2.75) is 26.2 Å². The first-order valence-electron chi connectivity index (χ1n) is 5.99. The van der Waals surface area contributed by atoms with Crippen molar-refractivity contribution in [3.05, 3.63) is 0 Å². The number of hydrogen-bond acceptors (Lipinski definition) is 3. The predicted octanol–water partition coefficient (Wildman–Crippen LogP) is -0.372. The topological polar surface area (TPSA) is 70.2 Å². The second-order valence-corrected chi connectivity index (χ2v) is 4.04. The molecule has 0 unspecified atom stereocenters. The van der Waals surface area contributed by atoms with Gasteiger partial charge in [0, 0.05) is 26.1 Å². The van der Waals surface area contributed by atoms with Crippen LogP contribution in [-0.4, -0.2) is 38.0 Å². The van der Waals surface area contributed by atoms with Crippen molar-refractivity contribution in [1.29, 1.82) is 0 Å². The Morgan fingerprint density at radius 2 is 2.19 bits per heavy atom. The van der Waals surface area contributed by atoms with Gasteiger partial charge in [-0.25, -0.2) is 0 Å². The second kappa shape index (κ2) is 7.22. The fraction of sp³-hybridized carbons (Fsp3) is 0.818. The molecule has 0 bridgehead atoms. The zero-order valence-corrected chi connectivity index (χ0v) is 9.84. The summed E-state index contributed by atoms with van der Waals surface area (Å²) in [6, 6.07) is 0. The standard InChI is InChI=1S/C11H21N3O2/c1-2-13-10(15)5-7-14-11(16)9-4-3-6-12-8-9/h9,12H,2-8H2,1H3,(H,13,15)(H,14,16)/t9-/m1/s1. The second-order valence-electron chi connectivity index (χ2n) is 4.04. The summed E-state index contributed by atoms with van der Waals surface area (Å²) in [5.74, 6) is 0.129. The summed E-state index contributed by atoms with van der Waals surface area (Å²) in [7, 11) is 0. The van der Waals surface area contributed by atoms with E-state index in [4.69, 9.17) is 0 Å². The number of piperidine rings is 1. The molecular weight excluding hydrogens is 206 g/mol. The van der Waals surface area contributed by atoms with Gasteiger partial charge < -0.3 is 16.0 Å². The molecule has 1 fully saturated rings. The van der Waals surface area contributed by atoms with E-state index in [0.29, 0.717) is 19.5 Å². The summed E-state index contributed by atoms with van der Waals surface area (Å²) >= 11 is 0. The Balaban J connectivity index is 2.12. The van der Waals surface area contributed by atoms with Gasteiger partial charge in [0.1, 0.15) is 0 Å². The highest BCUT2D eigenvalue weighted by molar-refractivity contribution is 5.80. The highest BCUT2D eigenvalue weighted by Gasteiger charge is 2.20. The summed E-state index contributed by atoms with van der Waals surface area (Å²) in [6.07, 6.45) is 2.36. The molecule has 1 aliphatic rings. The summed E-state index contributed by atoms with van der Waals surface area (Å²) < 4.78 is 0. The monoisotopic (exact) mass is 227 g/mol. The third-order valence-corrected chi connectivity index (χ3v) is 2.69. The quantitative estimate of drug-likeness (QED) is 0.600. The molecule has 3 N–H and O–H groups in total. The Kier molecular flexibility index (Phi) is 5.85. The largest absolute Gasteiger partial charge is 0.356 e. The average Bonchev–Trinajstić information content (AvgIpc) is 2.30. The molecule has 5 heteroatoms. The van der Waals surface area contributed by atoms with Crippen molar-refractivity contribution in [3.63, 3.8) is 0 Å². The van der Waals surface area contributed by atoms with Gasteiger partial charge in [-0.05, 0) is 26.3 Å². The third-order valence-electron chi connectivity index (χ3n) is 2.69. The molecule has 1 atom stereocenters. The van der Waals surface area contributed by atoms with Crippen LogP contribution in [0.4, 0.5) is 0 Å². The van der Waals surface area contributed by atoms with Gasteiger partial charge in [-0.1, -0.05) is 0 Å². The number of rotatable bonds is 5. The van der Waals surface area contributed by atoms with Crippen LogP contribution in [0.25, 0.3) is 0 Å².